The summed E-state index contributed by atoms with van der Waals surface area (Å²) in [6.45, 7) is 5.52. The average Bonchev–Trinajstić information content (AvgIpc) is 3.12. The van der Waals surface area contributed by atoms with Gasteiger partial charge in [0.15, 0.2) is 11.5 Å². The molecule has 3 aromatic carbocycles. The highest BCUT2D eigenvalue weighted by Gasteiger charge is 2.31. The van der Waals surface area contributed by atoms with Crippen molar-refractivity contribution in [1.82, 2.24) is 20.5 Å². The average molecular weight is 664 g/mol. The van der Waals surface area contributed by atoms with Crippen molar-refractivity contribution in [3.05, 3.63) is 119 Å². The third-order valence-corrected chi connectivity index (χ3v) is 8.19. The van der Waals surface area contributed by atoms with Crippen molar-refractivity contribution in [2.75, 3.05) is 10.6 Å². The standard InChI is InChI=1S/C36H37N7O6/c1-3-30(44)39-28-15-10-16-29(22(28)2)40-36-41-33(31(32(37)45)42-43-36)38-25-17-18-26(34(46)48-20-23-11-6-4-7-12-23)27(19-25)35(47)49-21-24-13-8-5-9-14-24/h3-9,11-14,17-19,22,28-29H,1,10,15-16,20-21H2,2H3,(H2,37,45)(H,39,44)(H2,38,40,41,43)/t22-,28?,29+/m0/s1. The van der Waals surface area contributed by atoms with E-state index in [0.717, 1.165) is 30.4 Å². The molecular weight excluding hydrogens is 626 g/mol. The first-order valence-corrected chi connectivity index (χ1v) is 15.8. The lowest BCUT2D eigenvalue weighted by Crippen LogP contribution is -2.48. The smallest absolute Gasteiger partial charge is 0.339 e. The lowest BCUT2D eigenvalue weighted by molar-refractivity contribution is -0.117. The lowest BCUT2D eigenvalue weighted by Gasteiger charge is -2.36. The number of hydrogen-bond donors (Lipinski definition) is 4. The fourth-order valence-corrected chi connectivity index (χ4v) is 5.53. The molecule has 252 valence electrons. The third kappa shape index (κ3) is 9.04. The molecule has 49 heavy (non-hydrogen) atoms. The van der Waals surface area contributed by atoms with Crippen LogP contribution in [0, 0.1) is 5.92 Å². The van der Waals surface area contributed by atoms with Crippen LogP contribution in [0.25, 0.3) is 0 Å². The van der Waals surface area contributed by atoms with Gasteiger partial charge in [0.05, 0.1) is 11.1 Å². The van der Waals surface area contributed by atoms with E-state index in [1.165, 1.54) is 24.3 Å². The molecule has 1 heterocycles. The van der Waals surface area contributed by atoms with Crippen molar-refractivity contribution in [1.29, 1.82) is 0 Å². The fourth-order valence-electron chi connectivity index (χ4n) is 5.53. The van der Waals surface area contributed by atoms with Crippen molar-refractivity contribution < 1.29 is 28.7 Å². The minimum atomic E-state index is -0.879. The molecule has 0 saturated heterocycles. The monoisotopic (exact) mass is 663 g/mol. The van der Waals surface area contributed by atoms with E-state index in [2.05, 4.69) is 37.7 Å². The van der Waals surface area contributed by atoms with Gasteiger partial charge in [-0.05, 0) is 60.6 Å². The van der Waals surface area contributed by atoms with Crippen LogP contribution in [0.2, 0.25) is 0 Å². The van der Waals surface area contributed by atoms with Crippen LogP contribution >= 0.6 is 0 Å². The molecule has 1 aliphatic rings. The summed E-state index contributed by atoms with van der Waals surface area (Å²) < 4.78 is 11.1. The Labute approximate surface area is 283 Å². The molecule has 1 aliphatic carbocycles. The maximum atomic E-state index is 13.4. The van der Waals surface area contributed by atoms with E-state index in [9.17, 15) is 19.2 Å². The summed E-state index contributed by atoms with van der Waals surface area (Å²) in [4.78, 5) is 55.3. The number of benzene rings is 3. The summed E-state index contributed by atoms with van der Waals surface area (Å²) in [5.74, 6) is -2.48. The number of rotatable bonds is 13. The molecule has 1 aromatic heterocycles. The number of primary amides is 1. The highest BCUT2D eigenvalue weighted by molar-refractivity contribution is 6.04. The van der Waals surface area contributed by atoms with Crippen LogP contribution in [-0.4, -0.2) is 51.0 Å². The first kappa shape index (κ1) is 34.2. The Balaban J connectivity index is 1.39. The van der Waals surface area contributed by atoms with Crippen molar-refractivity contribution >= 4 is 41.2 Å². The predicted octanol–water partition coefficient (Wildman–Crippen LogP) is 4.70. The van der Waals surface area contributed by atoms with Crippen molar-refractivity contribution in [2.45, 2.75) is 51.5 Å². The van der Waals surface area contributed by atoms with Crippen molar-refractivity contribution in [3.8, 4) is 0 Å². The molecule has 0 aliphatic heterocycles. The molecule has 5 rings (SSSR count). The highest BCUT2D eigenvalue weighted by Crippen LogP contribution is 2.28. The van der Waals surface area contributed by atoms with Crippen LogP contribution < -0.4 is 21.7 Å². The SMILES string of the molecule is C=CC(=O)NC1CCC[C@@H](Nc2nnc(C(N)=O)c(Nc3ccc(C(=O)OCc4ccccc4)c(C(=O)OCc4ccccc4)c3)n2)[C@H]1C. The zero-order chi connectivity index (χ0) is 34.8. The zero-order valence-electron chi connectivity index (χ0n) is 26.9. The summed E-state index contributed by atoms with van der Waals surface area (Å²) in [7, 11) is 0. The third-order valence-electron chi connectivity index (χ3n) is 8.19. The van der Waals surface area contributed by atoms with Gasteiger partial charge in [-0.15, -0.1) is 10.2 Å². The molecule has 3 atom stereocenters. The second kappa shape index (κ2) is 16.1. The van der Waals surface area contributed by atoms with E-state index in [1.54, 1.807) is 0 Å². The minimum absolute atomic E-state index is 0.00349. The molecule has 13 nitrogen and oxygen atoms in total. The van der Waals surface area contributed by atoms with Crippen molar-refractivity contribution in [2.24, 2.45) is 11.7 Å². The van der Waals surface area contributed by atoms with E-state index in [1.807, 2.05) is 67.6 Å². The van der Waals surface area contributed by atoms with E-state index < -0.39 is 17.8 Å². The zero-order valence-corrected chi connectivity index (χ0v) is 26.9. The normalized spacial score (nSPS) is 16.9. The van der Waals surface area contributed by atoms with Gasteiger partial charge in [-0.1, -0.05) is 74.2 Å². The van der Waals surface area contributed by atoms with Gasteiger partial charge in [0.2, 0.25) is 11.9 Å². The number of nitrogens with zero attached hydrogens (tertiary/aromatic N) is 3. The number of hydrogen-bond acceptors (Lipinski definition) is 11. The quantitative estimate of drug-likeness (QED) is 0.115. The molecule has 2 amide bonds. The molecular formula is C36H37N7O6. The van der Waals surface area contributed by atoms with E-state index in [-0.39, 0.29) is 65.7 Å². The van der Waals surface area contributed by atoms with Gasteiger partial charge in [0, 0.05) is 17.8 Å². The lowest BCUT2D eigenvalue weighted by atomic mass is 9.81. The highest BCUT2D eigenvalue weighted by atomic mass is 16.5. The first-order valence-electron chi connectivity index (χ1n) is 15.8. The van der Waals surface area contributed by atoms with Gasteiger partial charge >= 0.3 is 11.9 Å². The largest absolute Gasteiger partial charge is 0.457 e. The van der Waals surface area contributed by atoms with E-state index >= 15 is 0 Å². The second-order valence-electron chi connectivity index (χ2n) is 11.6. The Morgan fingerprint density at radius 1 is 0.857 bits per heavy atom. The number of anilines is 3. The molecule has 1 unspecified atom stereocenters. The van der Waals surface area contributed by atoms with Gasteiger partial charge in [-0.2, -0.15) is 4.98 Å². The summed E-state index contributed by atoms with van der Waals surface area (Å²) in [5, 5.41) is 17.3. The molecule has 0 radical (unpaired) electrons. The number of ether oxygens (including phenoxy) is 2. The molecule has 0 spiro atoms. The topological polar surface area (TPSA) is 188 Å². The van der Waals surface area contributed by atoms with E-state index in [4.69, 9.17) is 15.2 Å². The van der Waals surface area contributed by atoms with E-state index in [0.29, 0.717) is 5.69 Å². The van der Waals surface area contributed by atoms with Crippen LogP contribution in [-0.2, 0) is 27.5 Å². The van der Waals surface area contributed by atoms with Crippen LogP contribution in [0.5, 0.6) is 0 Å². The maximum Gasteiger partial charge on any atom is 0.339 e. The number of amides is 2. The molecule has 13 heteroatoms. The molecule has 1 saturated carbocycles. The van der Waals surface area contributed by atoms with Crippen LogP contribution in [0.1, 0.15) is 68.5 Å². The van der Waals surface area contributed by atoms with Crippen LogP contribution in [0.15, 0.2) is 91.5 Å². The van der Waals surface area contributed by atoms with Crippen LogP contribution in [0.3, 0.4) is 0 Å². The molecule has 5 N–H and O–H groups in total. The van der Waals surface area contributed by atoms with Gasteiger partial charge in [-0.25, -0.2) is 9.59 Å². The Morgan fingerprint density at radius 2 is 1.47 bits per heavy atom. The van der Waals surface area contributed by atoms with Crippen LogP contribution in [0.4, 0.5) is 17.5 Å². The number of nitrogens with one attached hydrogen (secondary N) is 3. The molecule has 1 fully saturated rings. The fraction of sp³-hybridized carbons (Fsp3) is 0.250. The number of esters is 2. The van der Waals surface area contributed by atoms with Gasteiger partial charge in [0.25, 0.3) is 5.91 Å². The second-order valence-corrected chi connectivity index (χ2v) is 11.6. The number of carbonyl (C=O) groups is 4. The summed E-state index contributed by atoms with van der Waals surface area (Å²) in [6, 6.07) is 22.4. The number of aromatic nitrogens is 3. The molecule has 4 aromatic rings. The summed E-state index contributed by atoms with van der Waals surface area (Å²) >= 11 is 0. The maximum absolute atomic E-state index is 13.4. The Kier molecular flexibility index (Phi) is 11.3. The predicted molar refractivity (Wildman–Crippen MR) is 182 cm³/mol. The first-order chi connectivity index (χ1) is 23.7. The number of nitrogens with two attached hydrogens (primary N) is 1. The number of carbonyl (C=O) groups excluding carboxylic acids is 4. The summed E-state index contributed by atoms with van der Waals surface area (Å²) in [5.41, 5.74) is 7.11. The van der Waals surface area contributed by atoms with Gasteiger partial charge < -0.3 is 31.2 Å². The Hall–Kier alpha value is -6.11. The van der Waals surface area contributed by atoms with Gasteiger partial charge in [0.1, 0.15) is 13.2 Å². The molecule has 0 bridgehead atoms. The minimum Gasteiger partial charge on any atom is -0.457 e. The Bertz CT molecular complexity index is 1820. The summed E-state index contributed by atoms with van der Waals surface area (Å²) in [6.07, 6.45) is 3.70. The Morgan fingerprint density at radius 3 is 2.08 bits per heavy atom. The van der Waals surface area contributed by atoms with Crippen molar-refractivity contribution in [3.63, 3.8) is 0 Å². The van der Waals surface area contributed by atoms with Gasteiger partial charge in [-0.3, -0.25) is 9.59 Å².